The summed E-state index contributed by atoms with van der Waals surface area (Å²) in [6, 6.07) is 0. The number of hydrogen-bond donors (Lipinski definition) is 0. The lowest BCUT2D eigenvalue weighted by Crippen LogP contribution is -2.29. The molecule has 0 fully saturated rings. The third kappa shape index (κ3) is 8.69. The van der Waals surface area contributed by atoms with Gasteiger partial charge in [-0.15, -0.1) is 0 Å². The molecule has 0 bridgehead atoms. The van der Waals surface area contributed by atoms with Gasteiger partial charge in [0.15, 0.2) is 0 Å². The van der Waals surface area contributed by atoms with Gasteiger partial charge in [-0.2, -0.15) is 0 Å². The monoisotopic (exact) mass is 231 g/mol. The zero-order valence-corrected chi connectivity index (χ0v) is 11.4. The maximum atomic E-state index is 4.04. The Morgan fingerprint density at radius 1 is 1.35 bits per heavy atom. The van der Waals surface area contributed by atoms with Crippen LogP contribution in [-0.4, -0.2) is 38.6 Å². The molecule has 17 heavy (non-hydrogen) atoms. The lowest BCUT2D eigenvalue weighted by atomic mass is 9.94. The Hall–Kier alpha value is -1.09. The van der Waals surface area contributed by atoms with Gasteiger partial charge in [0.2, 0.25) is 7.41 Å². The van der Waals surface area contributed by atoms with E-state index in [0.29, 0.717) is 0 Å². The third-order valence-corrected chi connectivity index (χ3v) is 2.39. The van der Waals surface area contributed by atoms with Crippen LogP contribution in [0.2, 0.25) is 6.82 Å². The summed E-state index contributed by atoms with van der Waals surface area (Å²) in [5.41, 5.74) is 2.20. The predicted octanol–water partition coefficient (Wildman–Crippen LogP) is 3.13. The zero-order chi connectivity index (χ0) is 13.1. The topological polar surface area (TPSA) is 15.6 Å². The van der Waals surface area contributed by atoms with E-state index in [1.807, 2.05) is 13.0 Å². The Morgan fingerprint density at radius 2 is 2.06 bits per heavy atom. The molecule has 0 heterocycles. The highest BCUT2D eigenvalue weighted by atomic mass is 15.0. The summed E-state index contributed by atoms with van der Waals surface area (Å²) in [4.78, 5) is 6.20. The Bertz CT molecular complexity index is 293. The van der Waals surface area contributed by atoms with Crippen LogP contribution in [-0.2, 0) is 0 Å². The largest absolute Gasteiger partial charge is 0.343 e. The minimum atomic E-state index is 0.832. The first-order valence-electron chi connectivity index (χ1n) is 6.11. The number of rotatable bonds is 9. The molecule has 0 aliphatic carbocycles. The fraction of sp³-hybridized carbons (Fsp3) is 0.500. The van der Waals surface area contributed by atoms with Crippen LogP contribution in [0.3, 0.4) is 0 Å². The molecule has 0 amide bonds. The lowest BCUT2D eigenvalue weighted by Gasteiger charge is -2.20. The van der Waals surface area contributed by atoms with E-state index in [0.717, 1.165) is 31.5 Å². The molecule has 0 saturated heterocycles. The number of aliphatic imine (C=N–C) groups is 1. The molecule has 0 aromatic rings. The molecule has 0 N–H and O–H groups in total. The van der Waals surface area contributed by atoms with Gasteiger partial charge >= 0.3 is 0 Å². The lowest BCUT2D eigenvalue weighted by molar-refractivity contribution is 0.491. The van der Waals surface area contributed by atoms with Crippen molar-refractivity contribution in [3.05, 3.63) is 36.5 Å². The van der Waals surface area contributed by atoms with Crippen molar-refractivity contribution in [2.75, 3.05) is 20.1 Å². The van der Waals surface area contributed by atoms with Crippen molar-refractivity contribution in [2.24, 2.45) is 4.99 Å². The molecule has 0 spiro atoms. The minimum Gasteiger partial charge on any atom is -0.343 e. The van der Waals surface area contributed by atoms with E-state index in [9.17, 15) is 0 Å². The summed E-state index contributed by atoms with van der Waals surface area (Å²) in [7, 11) is 3.86. The average molecular weight is 231 g/mol. The van der Waals surface area contributed by atoms with Crippen LogP contribution in [0.1, 0.15) is 19.8 Å². The molecule has 0 saturated carbocycles. The van der Waals surface area contributed by atoms with Crippen LogP contribution < -0.4 is 0 Å². The van der Waals surface area contributed by atoms with E-state index in [4.69, 9.17) is 0 Å². The van der Waals surface area contributed by atoms with Crippen LogP contribution in [0.15, 0.2) is 41.4 Å². The highest BCUT2D eigenvalue weighted by molar-refractivity contribution is 6.30. The van der Waals surface area contributed by atoms with Crippen molar-refractivity contribution in [3.63, 3.8) is 0 Å². The van der Waals surface area contributed by atoms with Crippen LogP contribution in [0.5, 0.6) is 0 Å². The molecule has 0 atom stereocenters. The van der Waals surface area contributed by atoms with E-state index in [2.05, 4.69) is 49.5 Å². The van der Waals surface area contributed by atoms with Gasteiger partial charge in [-0.3, -0.25) is 4.99 Å². The molecule has 3 heteroatoms. The second-order valence-electron chi connectivity index (χ2n) is 3.99. The summed E-state index contributed by atoms with van der Waals surface area (Å²) in [6.07, 6.45) is 8.10. The summed E-state index contributed by atoms with van der Waals surface area (Å²) >= 11 is 0. The predicted molar refractivity (Wildman–Crippen MR) is 79.9 cm³/mol. The quantitative estimate of drug-likeness (QED) is 0.338. The fourth-order valence-electron chi connectivity index (χ4n) is 1.44. The van der Waals surface area contributed by atoms with Gasteiger partial charge in [0.05, 0.1) is 0 Å². The van der Waals surface area contributed by atoms with Crippen molar-refractivity contribution in [3.8, 4) is 0 Å². The van der Waals surface area contributed by atoms with E-state index < -0.39 is 0 Å². The fourth-order valence-corrected chi connectivity index (χ4v) is 1.44. The molecule has 0 unspecified atom stereocenters. The van der Waals surface area contributed by atoms with E-state index in [1.165, 1.54) is 5.57 Å². The second kappa shape index (κ2) is 10.1. The Morgan fingerprint density at radius 3 is 2.59 bits per heavy atom. The molecular formula is C14H24BN2. The van der Waals surface area contributed by atoms with E-state index >= 15 is 0 Å². The van der Waals surface area contributed by atoms with Gasteiger partial charge in [0, 0.05) is 19.8 Å². The average Bonchev–Trinajstić information content (AvgIpc) is 2.32. The normalized spacial score (nSPS) is 11.5. The summed E-state index contributed by atoms with van der Waals surface area (Å²) < 4.78 is 0. The van der Waals surface area contributed by atoms with Gasteiger partial charge in [-0.1, -0.05) is 44.6 Å². The third-order valence-electron chi connectivity index (χ3n) is 2.39. The molecule has 0 aromatic heterocycles. The van der Waals surface area contributed by atoms with Crippen molar-refractivity contribution < 1.29 is 0 Å². The van der Waals surface area contributed by atoms with E-state index in [1.54, 1.807) is 7.05 Å². The molecule has 2 nitrogen and oxygen atoms in total. The smallest absolute Gasteiger partial charge is 0.205 e. The molecule has 0 aliphatic rings. The molecule has 0 aromatic carbocycles. The van der Waals surface area contributed by atoms with Crippen LogP contribution in [0.4, 0.5) is 0 Å². The first-order chi connectivity index (χ1) is 8.13. The number of nitrogens with zero attached hydrogens (tertiary/aromatic N) is 2. The summed E-state index contributed by atoms with van der Waals surface area (Å²) in [5.74, 6) is 0. The van der Waals surface area contributed by atoms with Gasteiger partial charge in [-0.05, 0) is 25.0 Å². The van der Waals surface area contributed by atoms with Crippen LogP contribution in [0, 0.1) is 0 Å². The van der Waals surface area contributed by atoms with Gasteiger partial charge in [0.1, 0.15) is 0 Å². The number of allylic oxidation sites excluding steroid dienone is 2. The maximum Gasteiger partial charge on any atom is 0.205 e. The highest BCUT2D eigenvalue weighted by Gasteiger charge is 2.04. The van der Waals surface area contributed by atoms with Crippen molar-refractivity contribution in [2.45, 2.75) is 26.6 Å². The SMILES string of the molecule is C=C(C=NC)CN([B]C)CCC(=C)/C=C\CC. The molecular weight excluding hydrogens is 207 g/mol. The number of hydrogen-bond acceptors (Lipinski definition) is 2. The van der Waals surface area contributed by atoms with Gasteiger partial charge in [-0.25, -0.2) is 0 Å². The van der Waals surface area contributed by atoms with Crippen molar-refractivity contribution >= 4 is 13.6 Å². The highest BCUT2D eigenvalue weighted by Crippen LogP contribution is 2.04. The zero-order valence-electron chi connectivity index (χ0n) is 11.4. The Labute approximate surface area is 107 Å². The Kier molecular flexibility index (Phi) is 9.45. The van der Waals surface area contributed by atoms with E-state index in [-0.39, 0.29) is 0 Å². The molecule has 93 valence electrons. The summed E-state index contributed by atoms with van der Waals surface area (Å²) in [6.45, 7) is 14.0. The molecule has 0 rings (SSSR count). The van der Waals surface area contributed by atoms with Crippen LogP contribution >= 0.6 is 0 Å². The standard InChI is InChI=1S/C14H24BN2/c1-6-7-8-13(2)9-10-17(15-4)12-14(3)11-16-5/h7-8,11H,2-3,6,9-10,12H2,1,4-5H3/b8-7-,16-11?. The molecule has 0 aliphatic heterocycles. The van der Waals surface area contributed by atoms with Gasteiger partial charge < -0.3 is 4.81 Å². The minimum absolute atomic E-state index is 0.832. The molecule has 1 radical (unpaired) electrons. The van der Waals surface area contributed by atoms with Gasteiger partial charge in [0.25, 0.3) is 0 Å². The second-order valence-corrected chi connectivity index (χ2v) is 3.99. The first-order valence-corrected chi connectivity index (χ1v) is 6.11. The van der Waals surface area contributed by atoms with Crippen molar-refractivity contribution in [1.82, 2.24) is 4.81 Å². The summed E-state index contributed by atoms with van der Waals surface area (Å²) in [5, 5.41) is 0. The Balaban J connectivity index is 4.01. The maximum absolute atomic E-state index is 4.04. The van der Waals surface area contributed by atoms with Crippen LogP contribution in [0.25, 0.3) is 0 Å². The van der Waals surface area contributed by atoms with Crippen molar-refractivity contribution in [1.29, 1.82) is 0 Å². The first kappa shape index (κ1) is 15.9.